The molecule has 3 N–H and O–H groups in total. The third kappa shape index (κ3) is 3.87. The summed E-state index contributed by atoms with van der Waals surface area (Å²) in [7, 11) is 0. The number of amides is 2. The van der Waals surface area contributed by atoms with Gasteiger partial charge in [-0.25, -0.2) is 4.98 Å². The maximum Gasteiger partial charge on any atom is 0.257 e. The average molecular weight is 464 g/mol. The molecule has 0 spiro atoms. The van der Waals surface area contributed by atoms with Gasteiger partial charge in [-0.2, -0.15) is 0 Å². The lowest BCUT2D eigenvalue weighted by Crippen LogP contribution is -2.19. The van der Waals surface area contributed by atoms with Gasteiger partial charge in [-0.15, -0.1) is 11.3 Å². The van der Waals surface area contributed by atoms with E-state index in [9.17, 15) is 9.59 Å². The van der Waals surface area contributed by atoms with Crippen molar-refractivity contribution in [1.29, 1.82) is 0 Å². The fraction of sp³-hybridized carbons (Fsp3) is 0.160. The highest BCUT2D eigenvalue weighted by molar-refractivity contribution is 7.16. The number of pyridine rings is 1. The summed E-state index contributed by atoms with van der Waals surface area (Å²) < 4.78 is 0. The van der Waals surface area contributed by atoms with Crippen LogP contribution in [0.15, 0.2) is 48.5 Å². The van der Waals surface area contributed by atoms with Crippen LogP contribution in [0.4, 0.5) is 5.00 Å². The number of nitrogens with two attached hydrogens (primary N) is 1. The summed E-state index contributed by atoms with van der Waals surface area (Å²) in [6.45, 7) is 5.77. The first-order valence-electron chi connectivity index (χ1n) is 10.2. The average Bonchev–Trinajstić information content (AvgIpc) is 3.08. The van der Waals surface area contributed by atoms with Crippen molar-refractivity contribution in [3.05, 3.63) is 80.7 Å². The summed E-state index contributed by atoms with van der Waals surface area (Å²) >= 11 is 7.42. The molecule has 7 heteroatoms. The molecule has 0 fully saturated rings. The minimum absolute atomic E-state index is 0.303. The summed E-state index contributed by atoms with van der Waals surface area (Å²) in [4.78, 5) is 31.5. The fourth-order valence-corrected chi connectivity index (χ4v) is 5.28. The number of rotatable bonds is 5. The molecular weight excluding hydrogens is 442 g/mol. The van der Waals surface area contributed by atoms with Crippen LogP contribution in [-0.4, -0.2) is 16.8 Å². The summed E-state index contributed by atoms with van der Waals surface area (Å²) in [5.41, 5.74) is 10.4. The van der Waals surface area contributed by atoms with Gasteiger partial charge in [-0.1, -0.05) is 48.9 Å². The second-order valence-electron chi connectivity index (χ2n) is 7.50. The molecule has 2 aromatic heterocycles. The number of carbonyl (C=O) groups is 2. The van der Waals surface area contributed by atoms with Gasteiger partial charge >= 0.3 is 0 Å². The number of fused-ring (bicyclic) bond motifs is 1. The number of carbonyl (C=O) groups excluding carboxylic acids is 2. The van der Waals surface area contributed by atoms with Crippen LogP contribution in [0.3, 0.4) is 0 Å². The van der Waals surface area contributed by atoms with Gasteiger partial charge in [0, 0.05) is 20.8 Å². The zero-order valence-electron chi connectivity index (χ0n) is 18.0. The first-order chi connectivity index (χ1) is 15.3. The van der Waals surface area contributed by atoms with E-state index in [1.165, 1.54) is 11.3 Å². The number of hydrogen-bond acceptors (Lipinski definition) is 4. The van der Waals surface area contributed by atoms with Crippen molar-refractivity contribution in [1.82, 2.24) is 4.98 Å². The van der Waals surface area contributed by atoms with Crippen molar-refractivity contribution < 1.29 is 9.59 Å². The Kier molecular flexibility index (Phi) is 6.00. The number of primary amides is 1. The molecule has 0 aliphatic heterocycles. The van der Waals surface area contributed by atoms with Crippen LogP contribution in [0.2, 0.25) is 5.02 Å². The fourth-order valence-electron chi connectivity index (χ4n) is 4.01. The van der Waals surface area contributed by atoms with E-state index >= 15 is 0 Å². The number of anilines is 1. The van der Waals surface area contributed by atoms with Crippen molar-refractivity contribution in [2.24, 2.45) is 5.73 Å². The molecule has 4 rings (SSSR count). The summed E-state index contributed by atoms with van der Waals surface area (Å²) in [6.07, 6.45) is 0.661. The Morgan fingerprint density at radius 2 is 1.75 bits per heavy atom. The van der Waals surface area contributed by atoms with Crippen LogP contribution in [0.25, 0.3) is 22.2 Å². The van der Waals surface area contributed by atoms with Gasteiger partial charge in [-0.05, 0) is 49.6 Å². The molecule has 0 aliphatic rings. The van der Waals surface area contributed by atoms with E-state index < -0.39 is 5.91 Å². The Labute approximate surface area is 195 Å². The van der Waals surface area contributed by atoms with Gasteiger partial charge in [0.25, 0.3) is 11.8 Å². The van der Waals surface area contributed by atoms with Crippen LogP contribution >= 0.6 is 22.9 Å². The molecule has 0 radical (unpaired) electrons. The number of benzene rings is 2. The Balaban J connectivity index is 1.87. The highest BCUT2D eigenvalue weighted by atomic mass is 35.5. The van der Waals surface area contributed by atoms with Gasteiger partial charge in [0.1, 0.15) is 5.00 Å². The van der Waals surface area contributed by atoms with Gasteiger partial charge in [0.05, 0.1) is 22.3 Å². The van der Waals surface area contributed by atoms with Crippen molar-refractivity contribution in [2.45, 2.75) is 27.2 Å². The van der Waals surface area contributed by atoms with Crippen molar-refractivity contribution >= 4 is 50.7 Å². The smallest absolute Gasteiger partial charge is 0.257 e. The number of hydrogen-bond donors (Lipinski definition) is 2. The molecule has 5 nitrogen and oxygen atoms in total. The summed E-state index contributed by atoms with van der Waals surface area (Å²) in [5.74, 6) is -0.845. The van der Waals surface area contributed by atoms with E-state index in [4.69, 9.17) is 22.3 Å². The minimum Gasteiger partial charge on any atom is -0.365 e. The lowest BCUT2D eigenvalue weighted by atomic mass is 9.97. The van der Waals surface area contributed by atoms with Crippen LogP contribution in [0.5, 0.6) is 0 Å². The van der Waals surface area contributed by atoms with Crippen LogP contribution in [-0.2, 0) is 6.42 Å². The molecule has 2 amide bonds. The van der Waals surface area contributed by atoms with Crippen molar-refractivity contribution in [2.75, 3.05) is 5.32 Å². The number of aryl methyl sites for hydroxylation is 1. The predicted molar refractivity (Wildman–Crippen MR) is 132 cm³/mol. The van der Waals surface area contributed by atoms with Crippen LogP contribution in [0, 0.1) is 13.8 Å². The van der Waals surface area contributed by atoms with Crippen molar-refractivity contribution in [3.8, 4) is 11.3 Å². The van der Waals surface area contributed by atoms with Gasteiger partial charge < -0.3 is 11.1 Å². The van der Waals surface area contributed by atoms with E-state index in [1.807, 2.05) is 57.2 Å². The van der Waals surface area contributed by atoms with Gasteiger partial charge in [0.15, 0.2) is 0 Å². The second-order valence-corrected chi connectivity index (χ2v) is 9.16. The quantitative estimate of drug-likeness (QED) is 0.372. The zero-order valence-corrected chi connectivity index (χ0v) is 19.5. The summed E-state index contributed by atoms with van der Waals surface area (Å²) in [5, 5.41) is 4.80. The second kappa shape index (κ2) is 8.73. The molecule has 2 aromatic carbocycles. The lowest BCUT2D eigenvalue weighted by Gasteiger charge is -2.15. The molecule has 0 saturated heterocycles. The zero-order chi connectivity index (χ0) is 23.0. The van der Waals surface area contributed by atoms with Gasteiger partial charge in [-0.3, -0.25) is 9.59 Å². The van der Waals surface area contributed by atoms with E-state index in [0.29, 0.717) is 38.8 Å². The van der Waals surface area contributed by atoms with Crippen molar-refractivity contribution in [3.63, 3.8) is 0 Å². The number of para-hydroxylation sites is 1. The van der Waals surface area contributed by atoms with Crippen LogP contribution < -0.4 is 11.1 Å². The largest absolute Gasteiger partial charge is 0.365 e. The van der Waals surface area contributed by atoms with Gasteiger partial charge in [0.2, 0.25) is 0 Å². The van der Waals surface area contributed by atoms with Crippen LogP contribution in [0.1, 0.15) is 43.6 Å². The Morgan fingerprint density at radius 3 is 2.41 bits per heavy atom. The third-order valence-corrected chi connectivity index (χ3v) is 6.83. The normalized spacial score (nSPS) is 11.0. The standard InChI is InChI=1S/C25H22ClN3O2S/c1-4-17-14(3)32-25(21(17)23(27)30)29-24(31)20-13(2)22(15-9-11-16(26)12-10-15)28-19-8-6-5-7-18(19)20/h5-12H,4H2,1-3H3,(H2,27,30)(H,29,31). The molecule has 0 unspecified atom stereocenters. The number of aromatic nitrogens is 1. The first-order valence-corrected chi connectivity index (χ1v) is 11.4. The van der Waals surface area contributed by atoms with E-state index in [-0.39, 0.29) is 5.91 Å². The first kappa shape index (κ1) is 22.0. The van der Waals surface area contributed by atoms with E-state index in [1.54, 1.807) is 12.1 Å². The Hall–Kier alpha value is -3.22. The Bertz CT molecular complexity index is 1360. The number of halogens is 1. The molecular formula is C25H22ClN3O2S. The minimum atomic E-state index is -0.542. The molecule has 2 heterocycles. The maximum atomic E-state index is 13.6. The third-order valence-electron chi connectivity index (χ3n) is 5.52. The van der Waals surface area contributed by atoms with E-state index in [0.717, 1.165) is 27.0 Å². The maximum absolute atomic E-state index is 13.6. The number of nitrogens with one attached hydrogen (secondary N) is 1. The highest BCUT2D eigenvalue weighted by Gasteiger charge is 2.24. The molecule has 0 aliphatic carbocycles. The molecule has 0 atom stereocenters. The van der Waals surface area contributed by atoms with E-state index in [2.05, 4.69) is 5.32 Å². The highest BCUT2D eigenvalue weighted by Crippen LogP contribution is 2.35. The lowest BCUT2D eigenvalue weighted by molar-refractivity contribution is 0.100. The molecule has 0 saturated carbocycles. The molecule has 162 valence electrons. The molecule has 0 bridgehead atoms. The monoisotopic (exact) mass is 463 g/mol. The SMILES string of the molecule is CCc1c(C)sc(NC(=O)c2c(C)c(-c3ccc(Cl)cc3)nc3ccccc23)c1C(N)=O. The Morgan fingerprint density at radius 1 is 1.06 bits per heavy atom. The molecule has 32 heavy (non-hydrogen) atoms. The predicted octanol–water partition coefficient (Wildman–Crippen LogP) is 6.15. The molecule has 4 aromatic rings. The number of nitrogens with zero attached hydrogens (tertiary/aromatic N) is 1. The number of thiophene rings is 1. The topological polar surface area (TPSA) is 85.1 Å². The summed E-state index contributed by atoms with van der Waals surface area (Å²) in [6, 6.07) is 14.9.